The predicted octanol–water partition coefficient (Wildman–Crippen LogP) is 25.9. The molecule has 0 bridgehead atoms. The Morgan fingerprint density at radius 2 is 0.450 bits per heavy atom. The van der Waals surface area contributed by atoms with Crippen molar-refractivity contribution in [2.75, 3.05) is 39.6 Å². The Morgan fingerprint density at radius 1 is 0.252 bits per heavy atom. The van der Waals surface area contributed by atoms with Gasteiger partial charge in [0.15, 0.2) is 6.10 Å². The summed E-state index contributed by atoms with van der Waals surface area (Å²) in [5.41, 5.74) is 0. The average molecular weight is 1590 g/mol. The van der Waals surface area contributed by atoms with E-state index in [9.17, 15) is 43.5 Å². The highest BCUT2D eigenvalue weighted by molar-refractivity contribution is 7.47. The van der Waals surface area contributed by atoms with Crippen molar-refractivity contribution in [2.24, 2.45) is 0 Å². The van der Waals surface area contributed by atoms with Gasteiger partial charge in [-0.1, -0.05) is 331 Å². The van der Waals surface area contributed by atoms with Crippen LogP contribution in [0.1, 0.15) is 316 Å². The first-order chi connectivity index (χ1) is 54.2. The Balaban J connectivity index is 4.59. The number of aliphatic hydroxyl groups is 2. The van der Waals surface area contributed by atoms with Crippen molar-refractivity contribution in [1.29, 1.82) is 0 Å². The van der Waals surface area contributed by atoms with E-state index in [4.69, 9.17) is 32.3 Å². The Hall–Kier alpha value is -5.61. The fraction of sp³-hybridized carbons (Fsp3) is 0.624. The van der Waals surface area contributed by atoms with Crippen molar-refractivity contribution >= 4 is 33.6 Å². The SMILES string of the molecule is CC/C=C\C/C=C\C/C=C\C/C=C\C/C=C\C/C=C\CCCCCCCCCCCCCCCCC(=O)OCC(O)COP(=O)(O)OCC(O)COP(=O)(O)OCC(COC(=O)CCCCCC/C=C\C/C=C\C/C=C\C/C=C\C/C=C\C/C=C\CC)OC(=O)CCCCCCCC/C=C\C/C=C\C/C=C\C/C=C\CC. The fourth-order valence-electron chi connectivity index (χ4n) is 10.9. The maximum Gasteiger partial charge on any atom is 0.472 e. The minimum atomic E-state index is -4.95. The summed E-state index contributed by atoms with van der Waals surface area (Å²) in [4.78, 5) is 58.8. The highest BCUT2D eigenvalue weighted by Gasteiger charge is 2.29. The van der Waals surface area contributed by atoms with Crippen LogP contribution in [0.3, 0.4) is 0 Å². The summed E-state index contributed by atoms with van der Waals surface area (Å²) in [5.74, 6) is -1.63. The van der Waals surface area contributed by atoms with E-state index < -0.39 is 91.5 Å². The molecule has 0 radical (unpaired) electrons. The fourth-order valence-corrected chi connectivity index (χ4v) is 12.5. The monoisotopic (exact) mass is 1590 g/mol. The van der Waals surface area contributed by atoms with Gasteiger partial charge in [0.05, 0.1) is 26.4 Å². The van der Waals surface area contributed by atoms with Gasteiger partial charge in [0.2, 0.25) is 0 Å². The van der Waals surface area contributed by atoms with E-state index in [0.29, 0.717) is 19.3 Å². The molecule has 0 saturated carbocycles. The Bertz CT molecular complexity index is 2800. The molecule has 0 aliphatic heterocycles. The van der Waals surface area contributed by atoms with Crippen LogP contribution in [0.25, 0.3) is 0 Å². The van der Waals surface area contributed by atoms with Crippen molar-refractivity contribution in [3.63, 3.8) is 0 Å². The number of hydrogen-bond acceptors (Lipinski definition) is 14. The molecule has 0 fully saturated rings. The highest BCUT2D eigenvalue weighted by Crippen LogP contribution is 2.45. The summed E-state index contributed by atoms with van der Waals surface area (Å²) in [6.45, 7) is 2.29. The van der Waals surface area contributed by atoms with Crippen LogP contribution in [-0.4, -0.2) is 95.9 Å². The van der Waals surface area contributed by atoms with Crippen LogP contribution in [0.5, 0.6) is 0 Å². The smallest absolute Gasteiger partial charge is 0.463 e. The van der Waals surface area contributed by atoms with Gasteiger partial charge in [0.1, 0.15) is 25.4 Å². The maximum atomic E-state index is 13.0. The van der Waals surface area contributed by atoms with Gasteiger partial charge in [-0.05, 0) is 161 Å². The first kappa shape index (κ1) is 105. The second kappa shape index (κ2) is 83.8. The summed E-state index contributed by atoms with van der Waals surface area (Å²) in [6, 6.07) is 0. The zero-order chi connectivity index (χ0) is 80.8. The second-order valence-corrected chi connectivity index (χ2v) is 30.7. The highest BCUT2D eigenvalue weighted by atomic mass is 31.2. The molecule has 111 heavy (non-hydrogen) atoms. The minimum absolute atomic E-state index is 0.0753. The van der Waals surface area contributed by atoms with E-state index in [0.717, 1.165) is 193 Å². The Labute approximate surface area is 674 Å². The maximum absolute atomic E-state index is 13.0. The van der Waals surface area contributed by atoms with Crippen LogP contribution in [0.2, 0.25) is 0 Å². The van der Waals surface area contributed by atoms with Gasteiger partial charge in [-0.15, -0.1) is 0 Å². The molecule has 0 aromatic heterocycles. The van der Waals surface area contributed by atoms with Gasteiger partial charge >= 0.3 is 33.6 Å². The molecule has 0 amide bonds. The lowest BCUT2D eigenvalue weighted by Gasteiger charge is -2.21. The number of aliphatic hydroxyl groups excluding tert-OH is 2. The van der Waals surface area contributed by atoms with E-state index in [-0.39, 0.29) is 19.3 Å². The summed E-state index contributed by atoms with van der Waals surface area (Å²) in [7, 11) is -9.82. The minimum Gasteiger partial charge on any atom is -0.463 e. The van der Waals surface area contributed by atoms with Gasteiger partial charge in [-0.3, -0.25) is 32.5 Å². The number of phosphoric acid groups is 2. The number of rotatable bonds is 79. The molecule has 0 spiro atoms. The normalized spacial score (nSPS) is 14.8. The van der Waals surface area contributed by atoms with Crippen LogP contribution in [-0.2, 0) is 55.8 Å². The third-order valence-electron chi connectivity index (χ3n) is 17.3. The number of carbonyl (C=O) groups is 3. The van der Waals surface area contributed by atoms with Gasteiger partial charge in [0, 0.05) is 19.3 Å². The van der Waals surface area contributed by atoms with Gasteiger partial charge in [0.25, 0.3) is 0 Å². The molecular weight excluding hydrogens is 1430 g/mol. The molecule has 4 N–H and O–H groups in total. The summed E-state index contributed by atoms with van der Waals surface area (Å²) in [6.07, 6.45) is 110. The molecule has 630 valence electrons. The number of esters is 3. The van der Waals surface area contributed by atoms with Crippen LogP contribution < -0.4 is 0 Å². The van der Waals surface area contributed by atoms with Crippen molar-refractivity contribution in [3.05, 3.63) is 194 Å². The number of unbranched alkanes of at least 4 members (excludes halogenated alkanes) is 24. The molecule has 0 aromatic rings. The number of hydrogen-bond donors (Lipinski definition) is 4. The predicted molar refractivity (Wildman–Crippen MR) is 463 cm³/mol. The van der Waals surface area contributed by atoms with Crippen LogP contribution in [0.4, 0.5) is 0 Å². The molecule has 0 rings (SSSR count). The van der Waals surface area contributed by atoms with E-state index in [1.807, 2.05) is 0 Å². The molecule has 0 saturated heterocycles. The number of allylic oxidation sites excluding steroid dienone is 32. The number of phosphoric ester groups is 2. The number of ether oxygens (including phenoxy) is 3. The summed E-state index contributed by atoms with van der Waals surface area (Å²) < 4.78 is 61.3. The van der Waals surface area contributed by atoms with Crippen molar-refractivity contribution in [1.82, 2.24) is 0 Å². The largest absolute Gasteiger partial charge is 0.472 e. The van der Waals surface area contributed by atoms with E-state index in [1.165, 1.54) is 64.2 Å². The van der Waals surface area contributed by atoms with Crippen LogP contribution in [0, 0.1) is 0 Å². The lowest BCUT2D eigenvalue weighted by molar-refractivity contribution is -0.161. The molecule has 18 heteroatoms. The molecule has 5 unspecified atom stereocenters. The quantitative estimate of drug-likeness (QED) is 0.0146. The molecule has 0 aliphatic rings. The van der Waals surface area contributed by atoms with Crippen molar-refractivity contribution in [2.45, 2.75) is 334 Å². The Kier molecular flexibility index (Phi) is 79.6. The Morgan fingerprint density at radius 3 is 0.712 bits per heavy atom. The molecule has 0 aromatic carbocycles. The lowest BCUT2D eigenvalue weighted by Crippen LogP contribution is -2.30. The number of carbonyl (C=O) groups excluding carboxylic acids is 3. The average Bonchev–Trinajstić information content (AvgIpc) is 0.900. The molecular formula is C93H152O16P2. The third kappa shape index (κ3) is 85.1. The standard InChI is InChI=1S/C93H152O16P2/c1-4-7-10-13-16-19-22-25-28-31-34-36-38-39-40-41-42-43-44-45-46-47-49-51-53-55-58-61-64-67-70-73-76-79-91(96)103-82-88(94)83-105-110(99,100)106-84-89(95)85-107-111(101,102)108-87-90(109-93(98)81-78-75-72-69-66-63-60-57-52-33-30-27-24-21-18-15-12-9-6-3)86-104-92(97)80-77-74-71-68-65-62-59-56-54-50-48-37-35-32-29-26-23-20-17-14-11-8-5-2/h7-12,16-21,25-30,34-37,39-40,42-43,50,52,54,57,59,62,88-90,94-95H,4-6,13-15,22-24,31-33,38,41,44-49,51,53,55-56,58,60-61,63-87H2,1-3H3,(H,99,100)(H,101,102)/b10-7-,11-8-,12-9-,19-16-,20-17-,21-18-,28-25-,29-26-,30-27-,36-34-,37-35-,40-39-,43-42-,54-50-,57-52-,62-59-. The van der Waals surface area contributed by atoms with E-state index >= 15 is 0 Å². The van der Waals surface area contributed by atoms with Gasteiger partial charge in [-0.25, -0.2) is 9.13 Å². The first-order valence-electron chi connectivity index (χ1n) is 42.7. The molecule has 16 nitrogen and oxygen atoms in total. The van der Waals surface area contributed by atoms with Crippen LogP contribution >= 0.6 is 15.6 Å². The first-order valence-corrected chi connectivity index (χ1v) is 45.7. The second-order valence-electron chi connectivity index (χ2n) is 27.8. The third-order valence-corrected chi connectivity index (χ3v) is 19.2. The van der Waals surface area contributed by atoms with Gasteiger partial charge in [-0.2, -0.15) is 0 Å². The van der Waals surface area contributed by atoms with E-state index in [2.05, 4.69) is 215 Å². The molecule has 0 heterocycles. The zero-order valence-electron chi connectivity index (χ0n) is 69.1. The molecule has 5 atom stereocenters. The van der Waals surface area contributed by atoms with Crippen molar-refractivity contribution < 1.29 is 75.8 Å². The topological polar surface area (TPSA) is 231 Å². The van der Waals surface area contributed by atoms with E-state index in [1.54, 1.807) is 0 Å². The summed E-state index contributed by atoms with van der Waals surface area (Å²) in [5, 5.41) is 20.7. The van der Waals surface area contributed by atoms with Gasteiger partial charge < -0.3 is 34.2 Å². The summed E-state index contributed by atoms with van der Waals surface area (Å²) >= 11 is 0. The van der Waals surface area contributed by atoms with Crippen LogP contribution in [0.15, 0.2) is 194 Å². The molecule has 0 aliphatic carbocycles. The van der Waals surface area contributed by atoms with Crippen molar-refractivity contribution in [3.8, 4) is 0 Å². The zero-order valence-corrected chi connectivity index (χ0v) is 70.8. The lowest BCUT2D eigenvalue weighted by atomic mass is 10.0.